The molecule has 2 aromatic carbocycles. The largest absolute Gasteiger partial charge is 0.508 e. The summed E-state index contributed by atoms with van der Waals surface area (Å²) >= 11 is 0. The number of aromatic hydroxyl groups is 1. The molecule has 2 N–H and O–H groups in total. The maximum atomic E-state index is 15.5. The van der Waals surface area contributed by atoms with Crippen molar-refractivity contribution in [2.24, 2.45) is 0 Å². The van der Waals surface area contributed by atoms with Crippen LogP contribution in [-0.4, -0.2) is 75.6 Å². The molecule has 0 spiro atoms. The molecule has 2 aliphatic heterocycles. The number of phenols is 1. The van der Waals surface area contributed by atoms with Crippen LogP contribution >= 0.6 is 0 Å². The normalized spacial score (nSPS) is 21.6. The van der Waals surface area contributed by atoms with Crippen LogP contribution < -0.4 is 4.74 Å². The highest BCUT2D eigenvalue weighted by Crippen LogP contribution is 2.49. The Kier molecular flexibility index (Phi) is 5.70. The predicted molar refractivity (Wildman–Crippen MR) is 134 cm³/mol. The number of fused-ring (bicyclic) bond motifs is 4. The molecule has 0 radical (unpaired) electrons. The van der Waals surface area contributed by atoms with Crippen molar-refractivity contribution in [3.05, 3.63) is 59.0 Å². The molecular formula is C27H31FN4O4. The number of nitrogens with zero attached hydrogens (tertiary/aromatic N) is 3. The molecule has 8 nitrogen and oxygen atoms in total. The first-order valence-electron chi connectivity index (χ1n) is 12.1. The van der Waals surface area contributed by atoms with Crippen LogP contribution in [0.1, 0.15) is 43.6 Å². The van der Waals surface area contributed by atoms with Crippen molar-refractivity contribution >= 4 is 22.8 Å². The molecule has 0 bridgehead atoms. The number of hydrogen-bond donors (Lipinski definition) is 2. The number of carbonyl (C=O) groups excluding carboxylic acids is 2. The number of carbonyl (C=O) groups is 2. The summed E-state index contributed by atoms with van der Waals surface area (Å²) in [4.78, 5) is 36.0. The Balaban J connectivity index is 1.69. The number of likely N-dealkylation sites (N-methyl/N-ethyl adjacent to an activating group) is 1. The first-order chi connectivity index (χ1) is 17.1. The molecule has 3 aromatic rings. The molecule has 2 unspecified atom stereocenters. The number of halogens is 1. The third-order valence-electron chi connectivity index (χ3n) is 7.69. The maximum Gasteiger partial charge on any atom is 0.328 e. The van der Waals surface area contributed by atoms with Gasteiger partial charge < -0.3 is 19.7 Å². The van der Waals surface area contributed by atoms with Gasteiger partial charge in [-0.25, -0.2) is 9.18 Å². The van der Waals surface area contributed by atoms with E-state index < -0.39 is 23.4 Å². The van der Waals surface area contributed by atoms with Crippen LogP contribution in [0.15, 0.2) is 36.4 Å². The number of phenolic OH excluding ortho intramolecular Hbond substituents is 1. The second-order valence-electron chi connectivity index (χ2n) is 10.2. The molecular weight excluding hydrogens is 463 g/mol. The Morgan fingerprint density at radius 2 is 2.03 bits per heavy atom. The molecule has 0 aliphatic carbocycles. The number of aromatic nitrogens is 1. The Morgan fingerprint density at radius 3 is 2.69 bits per heavy atom. The lowest BCUT2D eigenvalue weighted by molar-refractivity contribution is -0.133. The summed E-state index contributed by atoms with van der Waals surface area (Å²) in [6.45, 7) is 6.64. The van der Waals surface area contributed by atoms with E-state index in [-0.39, 0.29) is 36.4 Å². The summed E-state index contributed by atoms with van der Waals surface area (Å²) < 4.78 is 20.7. The molecule has 9 heteroatoms. The first kappa shape index (κ1) is 24.1. The highest BCUT2D eigenvalue weighted by molar-refractivity contribution is 6.08. The number of amides is 3. The van der Waals surface area contributed by atoms with Crippen LogP contribution in [0.4, 0.5) is 9.18 Å². The van der Waals surface area contributed by atoms with Crippen molar-refractivity contribution in [3.8, 4) is 11.5 Å². The molecule has 3 amide bonds. The van der Waals surface area contributed by atoms with Crippen molar-refractivity contribution in [2.75, 3.05) is 27.2 Å². The summed E-state index contributed by atoms with van der Waals surface area (Å²) in [7, 11) is 3.36. The quantitative estimate of drug-likeness (QED) is 0.505. The summed E-state index contributed by atoms with van der Waals surface area (Å²) in [6, 6.07) is 9.07. The molecule has 3 heterocycles. The van der Waals surface area contributed by atoms with E-state index in [0.29, 0.717) is 34.3 Å². The summed E-state index contributed by atoms with van der Waals surface area (Å²) in [6.07, 6.45) is 0.156. The number of nitrogens with one attached hydrogen (secondary N) is 1. The zero-order valence-corrected chi connectivity index (χ0v) is 21.1. The summed E-state index contributed by atoms with van der Waals surface area (Å²) in [5.41, 5.74) is 1.23. The van der Waals surface area contributed by atoms with Gasteiger partial charge >= 0.3 is 6.03 Å². The second kappa shape index (κ2) is 8.51. The highest BCUT2D eigenvalue weighted by Gasteiger charge is 2.60. The highest BCUT2D eigenvalue weighted by atomic mass is 19.1. The van der Waals surface area contributed by atoms with Crippen molar-refractivity contribution < 1.29 is 23.8 Å². The van der Waals surface area contributed by atoms with Gasteiger partial charge in [-0.05, 0) is 63.2 Å². The zero-order valence-electron chi connectivity index (χ0n) is 21.1. The molecule has 1 fully saturated rings. The van der Waals surface area contributed by atoms with Crippen molar-refractivity contribution in [1.82, 2.24) is 19.7 Å². The Labute approximate surface area is 209 Å². The monoisotopic (exact) mass is 494 g/mol. The lowest BCUT2D eigenvalue weighted by atomic mass is 9.81. The van der Waals surface area contributed by atoms with E-state index in [9.17, 15) is 14.7 Å². The molecule has 36 heavy (non-hydrogen) atoms. The van der Waals surface area contributed by atoms with Crippen molar-refractivity contribution in [3.63, 3.8) is 0 Å². The van der Waals surface area contributed by atoms with E-state index in [0.717, 1.165) is 0 Å². The second-order valence-corrected chi connectivity index (χ2v) is 10.2. The van der Waals surface area contributed by atoms with Gasteiger partial charge in [-0.15, -0.1) is 0 Å². The van der Waals surface area contributed by atoms with Gasteiger partial charge in [-0.1, -0.05) is 12.1 Å². The molecule has 2 atom stereocenters. The lowest BCUT2D eigenvalue weighted by Gasteiger charge is -2.42. The fourth-order valence-electron chi connectivity index (χ4n) is 5.46. The van der Waals surface area contributed by atoms with Crippen LogP contribution in [0.25, 0.3) is 10.9 Å². The number of aromatic amines is 1. The third-order valence-corrected chi connectivity index (χ3v) is 7.69. The van der Waals surface area contributed by atoms with Crippen molar-refractivity contribution in [2.45, 2.75) is 44.8 Å². The third kappa shape index (κ3) is 3.44. The van der Waals surface area contributed by atoms with E-state index in [1.807, 2.05) is 7.05 Å². The molecule has 1 aromatic heterocycles. The Morgan fingerprint density at radius 1 is 1.28 bits per heavy atom. The average molecular weight is 495 g/mol. The van der Waals surface area contributed by atoms with Gasteiger partial charge in [0.25, 0.3) is 5.91 Å². The van der Waals surface area contributed by atoms with Crippen LogP contribution in [0.5, 0.6) is 11.5 Å². The van der Waals surface area contributed by atoms with Gasteiger partial charge in [0, 0.05) is 42.1 Å². The van der Waals surface area contributed by atoms with Crippen LogP contribution in [0.2, 0.25) is 0 Å². The number of rotatable bonds is 6. The Bertz CT molecular complexity index is 1370. The summed E-state index contributed by atoms with van der Waals surface area (Å²) in [5, 5.41) is 10.6. The smallest absolute Gasteiger partial charge is 0.328 e. The molecule has 0 saturated carbocycles. The number of imide groups is 1. The SMILES string of the molecule is COc1ccc2[nH]c3c(c2c1F)CC1(C)C(=O)N(CCN(C)C(C)C)C(=O)N1C3c1cccc(O)c1. The van der Waals surface area contributed by atoms with Crippen molar-refractivity contribution in [1.29, 1.82) is 0 Å². The fraction of sp³-hybridized carbons (Fsp3) is 0.407. The number of hydrogen-bond acceptors (Lipinski definition) is 5. The number of urea groups is 1. The van der Waals surface area contributed by atoms with Crippen LogP contribution in [0.3, 0.4) is 0 Å². The molecule has 1 saturated heterocycles. The van der Waals surface area contributed by atoms with E-state index in [2.05, 4.69) is 23.7 Å². The first-order valence-corrected chi connectivity index (χ1v) is 12.1. The Hall–Kier alpha value is -3.59. The number of methoxy groups -OCH3 is 1. The molecule has 190 valence electrons. The molecule has 5 rings (SSSR count). The molecule has 2 aliphatic rings. The maximum absolute atomic E-state index is 15.5. The number of benzene rings is 2. The van der Waals surface area contributed by atoms with E-state index in [4.69, 9.17) is 4.74 Å². The van der Waals surface area contributed by atoms with Crippen LogP contribution in [0, 0.1) is 5.82 Å². The minimum Gasteiger partial charge on any atom is -0.508 e. The zero-order chi connectivity index (χ0) is 25.9. The average Bonchev–Trinajstić information content (AvgIpc) is 3.29. The van der Waals surface area contributed by atoms with Gasteiger partial charge in [-0.2, -0.15) is 0 Å². The topological polar surface area (TPSA) is 89.1 Å². The van der Waals surface area contributed by atoms with E-state index in [1.165, 1.54) is 12.0 Å². The lowest BCUT2D eigenvalue weighted by Crippen LogP contribution is -2.53. The minimum absolute atomic E-state index is 0.0404. The predicted octanol–water partition coefficient (Wildman–Crippen LogP) is 4.03. The number of H-pyrrole nitrogens is 1. The standard InChI is InChI=1S/C27H31FN4O4/c1-15(2)30(4)11-12-31-25(34)27(3)14-18-21-19(9-10-20(36-5)22(21)28)29-23(18)24(32(27)26(31)35)16-7-6-8-17(33)13-16/h6-10,13,15,24,29,33H,11-12,14H2,1-5H3. The van der Waals surface area contributed by atoms with E-state index >= 15 is 4.39 Å². The van der Waals surface area contributed by atoms with E-state index in [1.54, 1.807) is 48.2 Å². The van der Waals surface area contributed by atoms with Crippen LogP contribution in [-0.2, 0) is 11.2 Å². The van der Waals surface area contributed by atoms with Gasteiger partial charge in [0.2, 0.25) is 0 Å². The fourth-order valence-corrected chi connectivity index (χ4v) is 5.46. The summed E-state index contributed by atoms with van der Waals surface area (Å²) in [5.74, 6) is -0.666. The van der Waals surface area contributed by atoms with Gasteiger partial charge in [0.05, 0.1) is 7.11 Å². The van der Waals surface area contributed by atoms with Gasteiger partial charge in [-0.3, -0.25) is 14.6 Å². The van der Waals surface area contributed by atoms with Gasteiger partial charge in [0.15, 0.2) is 11.6 Å². The number of ether oxygens (including phenoxy) is 1. The van der Waals surface area contributed by atoms with Gasteiger partial charge in [0.1, 0.15) is 17.3 Å². The minimum atomic E-state index is -1.22.